The zero-order valence-electron chi connectivity index (χ0n) is 6.46. The third-order valence-corrected chi connectivity index (χ3v) is 1.32. The van der Waals surface area contributed by atoms with Crippen LogP contribution in [-0.2, 0) is 0 Å². The number of aliphatic hydroxyl groups excluding tert-OH is 1. The van der Waals surface area contributed by atoms with Crippen molar-refractivity contribution in [3.8, 4) is 5.75 Å². The summed E-state index contributed by atoms with van der Waals surface area (Å²) in [5.74, 6) is -0.00528. The van der Waals surface area contributed by atoms with Crippen LogP contribution < -0.4 is 10.5 Å². The van der Waals surface area contributed by atoms with E-state index in [1.165, 1.54) is 18.2 Å². The van der Waals surface area contributed by atoms with Crippen molar-refractivity contribution in [2.24, 2.45) is 0 Å². The second-order valence-electron chi connectivity index (χ2n) is 2.25. The van der Waals surface area contributed by atoms with Crippen molar-refractivity contribution in [2.45, 2.75) is 0 Å². The number of ether oxygens (including phenoxy) is 1. The normalized spacial score (nSPS) is 9.83. The molecule has 0 aliphatic rings. The highest BCUT2D eigenvalue weighted by Crippen LogP contribution is 2.21. The van der Waals surface area contributed by atoms with Gasteiger partial charge in [0.1, 0.15) is 18.2 Å². The number of halogens is 1. The molecule has 66 valence electrons. The van der Waals surface area contributed by atoms with Gasteiger partial charge in [0.15, 0.2) is 0 Å². The summed E-state index contributed by atoms with van der Waals surface area (Å²) in [4.78, 5) is 0. The van der Waals surface area contributed by atoms with Gasteiger partial charge in [-0.05, 0) is 12.1 Å². The third-order valence-electron chi connectivity index (χ3n) is 1.32. The topological polar surface area (TPSA) is 55.5 Å². The first kappa shape index (κ1) is 8.80. The van der Waals surface area contributed by atoms with E-state index in [2.05, 4.69) is 0 Å². The first-order valence-electron chi connectivity index (χ1n) is 3.52. The van der Waals surface area contributed by atoms with Crippen molar-refractivity contribution >= 4 is 5.69 Å². The maximum absolute atomic E-state index is 12.5. The van der Waals surface area contributed by atoms with Crippen molar-refractivity contribution in [2.75, 3.05) is 18.9 Å². The lowest BCUT2D eigenvalue weighted by atomic mass is 10.3. The number of anilines is 1. The highest BCUT2D eigenvalue weighted by atomic mass is 19.1. The van der Waals surface area contributed by atoms with E-state index < -0.39 is 5.82 Å². The summed E-state index contributed by atoms with van der Waals surface area (Å²) >= 11 is 0. The molecule has 0 spiro atoms. The van der Waals surface area contributed by atoms with Gasteiger partial charge in [0.2, 0.25) is 0 Å². The second kappa shape index (κ2) is 3.92. The van der Waals surface area contributed by atoms with Crippen LogP contribution >= 0.6 is 0 Å². The van der Waals surface area contributed by atoms with Gasteiger partial charge in [0, 0.05) is 6.07 Å². The Hall–Kier alpha value is -1.29. The summed E-state index contributed by atoms with van der Waals surface area (Å²) in [5.41, 5.74) is 5.65. The van der Waals surface area contributed by atoms with Crippen LogP contribution in [0, 0.1) is 5.82 Å². The van der Waals surface area contributed by atoms with E-state index in [4.69, 9.17) is 15.6 Å². The Balaban J connectivity index is 2.72. The van der Waals surface area contributed by atoms with Crippen LogP contribution in [0.5, 0.6) is 5.75 Å². The predicted molar refractivity (Wildman–Crippen MR) is 43.4 cm³/mol. The summed E-state index contributed by atoms with van der Waals surface area (Å²) in [6.07, 6.45) is 0. The molecular formula is C8H10FNO2. The average Bonchev–Trinajstić information content (AvgIpc) is 2.03. The molecule has 1 aromatic rings. The highest BCUT2D eigenvalue weighted by molar-refractivity contribution is 5.52. The van der Waals surface area contributed by atoms with Gasteiger partial charge >= 0.3 is 0 Å². The van der Waals surface area contributed by atoms with Crippen LogP contribution in [0.4, 0.5) is 10.1 Å². The van der Waals surface area contributed by atoms with E-state index in [9.17, 15) is 4.39 Å². The van der Waals surface area contributed by atoms with Crippen LogP contribution in [0.1, 0.15) is 0 Å². The fourth-order valence-electron chi connectivity index (χ4n) is 0.806. The lowest BCUT2D eigenvalue weighted by molar-refractivity contribution is 0.202. The predicted octanol–water partition coefficient (Wildman–Crippen LogP) is 0.779. The Bertz CT molecular complexity index is 265. The summed E-state index contributed by atoms with van der Waals surface area (Å²) < 4.78 is 17.5. The van der Waals surface area contributed by atoms with Gasteiger partial charge in [-0.1, -0.05) is 0 Å². The molecule has 0 aromatic heterocycles. The molecule has 0 saturated heterocycles. The maximum Gasteiger partial charge on any atom is 0.142 e. The number of hydrogen-bond donors (Lipinski definition) is 2. The van der Waals surface area contributed by atoms with Crippen molar-refractivity contribution < 1.29 is 14.2 Å². The van der Waals surface area contributed by atoms with Crippen molar-refractivity contribution in [1.29, 1.82) is 0 Å². The molecule has 12 heavy (non-hydrogen) atoms. The minimum atomic E-state index is -0.399. The lowest BCUT2D eigenvalue weighted by Gasteiger charge is -2.06. The Morgan fingerprint density at radius 3 is 2.83 bits per heavy atom. The number of rotatable bonds is 3. The molecular weight excluding hydrogens is 161 g/mol. The number of hydrogen-bond acceptors (Lipinski definition) is 3. The second-order valence-corrected chi connectivity index (χ2v) is 2.25. The van der Waals surface area contributed by atoms with Crippen molar-refractivity contribution in [1.82, 2.24) is 0 Å². The number of aliphatic hydroxyl groups is 1. The highest BCUT2D eigenvalue weighted by Gasteiger charge is 2.00. The smallest absolute Gasteiger partial charge is 0.142 e. The number of benzene rings is 1. The summed E-state index contributed by atoms with van der Waals surface area (Å²) in [6, 6.07) is 3.86. The average molecular weight is 171 g/mol. The molecule has 0 aliphatic heterocycles. The fourth-order valence-corrected chi connectivity index (χ4v) is 0.806. The van der Waals surface area contributed by atoms with Crippen molar-refractivity contribution in [3.63, 3.8) is 0 Å². The zero-order chi connectivity index (χ0) is 8.97. The van der Waals surface area contributed by atoms with E-state index >= 15 is 0 Å². The van der Waals surface area contributed by atoms with Crippen LogP contribution in [0.3, 0.4) is 0 Å². The van der Waals surface area contributed by atoms with E-state index in [0.29, 0.717) is 5.75 Å². The van der Waals surface area contributed by atoms with Gasteiger partial charge in [-0.3, -0.25) is 0 Å². The van der Waals surface area contributed by atoms with E-state index in [1.54, 1.807) is 0 Å². The molecule has 0 radical (unpaired) electrons. The Morgan fingerprint density at radius 1 is 1.50 bits per heavy atom. The molecule has 0 bridgehead atoms. The fraction of sp³-hybridized carbons (Fsp3) is 0.250. The molecule has 0 aliphatic carbocycles. The van der Waals surface area contributed by atoms with Crippen LogP contribution in [0.15, 0.2) is 18.2 Å². The first-order valence-corrected chi connectivity index (χ1v) is 3.52. The quantitative estimate of drug-likeness (QED) is 0.661. The molecule has 1 rings (SSSR count). The number of nitrogens with two attached hydrogens (primary N) is 1. The molecule has 0 saturated carbocycles. The molecule has 0 amide bonds. The van der Waals surface area contributed by atoms with E-state index in [1.807, 2.05) is 0 Å². The minimum absolute atomic E-state index is 0.0865. The largest absolute Gasteiger partial charge is 0.489 e. The molecule has 3 nitrogen and oxygen atoms in total. The third kappa shape index (κ3) is 2.10. The van der Waals surface area contributed by atoms with Gasteiger partial charge in [-0.15, -0.1) is 0 Å². The number of nitrogen functional groups attached to an aromatic ring is 1. The van der Waals surface area contributed by atoms with Gasteiger partial charge in [0.05, 0.1) is 12.3 Å². The van der Waals surface area contributed by atoms with Crippen LogP contribution in [-0.4, -0.2) is 18.3 Å². The molecule has 4 heteroatoms. The van der Waals surface area contributed by atoms with Gasteiger partial charge in [0.25, 0.3) is 0 Å². The molecule has 0 fully saturated rings. The van der Waals surface area contributed by atoms with Crippen molar-refractivity contribution in [3.05, 3.63) is 24.0 Å². The van der Waals surface area contributed by atoms with Crippen LogP contribution in [0.2, 0.25) is 0 Å². The van der Waals surface area contributed by atoms with Gasteiger partial charge in [-0.2, -0.15) is 0 Å². The SMILES string of the molecule is Nc1cc(F)ccc1OCCO. The summed E-state index contributed by atoms with van der Waals surface area (Å²) in [5, 5.41) is 8.43. The standard InChI is InChI=1S/C8H10FNO2/c9-6-1-2-8(7(10)5-6)12-4-3-11/h1-2,5,11H,3-4,10H2. The summed E-state index contributed by atoms with van der Waals surface area (Å²) in [7, 11) is 0. The van der Waals surface area contributed by atoms with E-state index in [-0.39, 0.29) is 18.9 Å². The van der Waals surface area contributed by atoms with Gasteiger partial charge in [-0.25, -0.2) is 4.39 Å². The Kier molecular flexibility index (Phi) is 2.88. The zero-order valence-corrected chi connectivity index (χ0v) is 6.46. The maximum atomic E-state index is 12.5. The van der Waals surface area contributed by atoms with E-state index in [0.717, 1.165) is 0 Å². The van der Waals surface area contributed by atoms with Gasteiger partial charge < -0.3 is 15.6 Å². The summed E-state index contributed by atoms with van der Waals surface area (Å²) in [6.45, 7) is 0.0760. The monoisotopic (exact) mass is 171 g/mol. The molecule has 0 heterocycles. The molecule has 1 aromatic carbocycles. The first-order chi connectivity index (χ1) is 5.74. The minimum Gasteiger partial charge on any atom is -0.489 e. The Morgan fingerprint density at radius 2 is 2.25 bits per heavy atom. The van der Waals surface area contributed by atoms with Crippen LogP contribution in [0.25, 0.3) is 0 Å². The molecule has 0 atom stereocenters. The Labute approximate surface area is 69.6 Å². The molecule has 0 unspecified atom stereocenters. The molecule has 3 N–H and O–H groups in total. The lowest BCUT2D eigenvalue weighted by Crippen LogP contribution is -2.03.